The van der Waals surface area contributed by atoms with Crippen molar-refractivity contribution >= 4 is 28.5 Å². The molecule has 2 aromatic carbocycles. The van der Waals surface area contributed by atoms with Gasteiger partial charge in [-0.15, -0.1) is 0 Å². The molecule has 0 saturated carbocycles. The van der Waals surface area contributed by atoms with Crippen molar-refractivity contribution in [2.45, 2.75) is 25.9 Å². The molecule has 0 radical (unpaired) electrons. The van der Waals surface area contributed by atoms with E-state index in [0.29, 0.717) is 25.1 Å². The number of ether oxygens (including phenoxy) is 1. The van der Waals surface area contributed by atoms with E-state index in [0.717, 1.165) is 24.6 Å². The molecule has 1 aliphatic rings. The molecule has 170 valence electrons. The van der Waals surface area contributed by atoms with Crippen molar-refractivity contribution < 1.29 is 22.7 Å². The Morgan fingerprint density at radius 1 is 1.27 bits per heavy atom. The summed E-state index contributed by atoms with van der Waals surface area (Å²) in [5, 5.41) is 9.42. The molecule has 1 aromatic heterocycles. The molecule has 33 heavy (non-hydrogen) atoms. The van der Waals surface area contributed by atoms with Crippen LogP contribution in [0.2, 0.25) is 5.02 Å². The number of fused-ring (bicyclic) bond motifs is 1. The van der Waals surface area contributed by atoms with Crippen LogP contribution in [-0.2, 0) is 4.79 Å². The Bertz CT molecular complexity index is 1330. The van der Waals surface area contributed by atoms with Gasteiger partial charge in [-0.1, -0.05) is 11.6 Å². The summed E-state index contributed by atoms with van der Waals surface area (Å²) < 4.78 is 39.2. The number of carbonyl (C=O) groups is 1. The Morgan fingerprint density at radius 2 is 2.06 bits per heavy atom. The molecule has 1 fully saturated rings. The first-order valence-corrected chi connectivity index (χ1v) is 10.7. The molecular formula is C24H19ClF2N2O4. The summed E-state index contributed by atoms with van der Waals surface area (Å²) in [5.74, 6) is -2.18. The quantitative estimate of drug-likeness (QED) is 0.503. The minimum atomic E-state index is -1.02. The highest BCUT2D eigenvalue weighted by atomic mass is 35.5. The first kappa shape index (κ1) is 22.7. The summed E-state index contributed by atoms with van der Waals surface area (Å²) in [6, 6.07) is 9.30. The van der Waals surface area contributed by atoms with Crippen molar-refractivity contribution in [3.05, 3.63) is 63.5 Å². The lowest BCUT2D eigenvalue weighted by Crippen LogP contribution is -2.45. The van der Waals surface area contributed by atoms with Crippen molar-refractivity contribution in [3.8, 4) is 22.9 Å². The van der Waals surface area contributed by atoms with E-state index in [1.165, 1.54) is 30.0 Å². The maximum absolute atomic E-state index is 15.0. The molecule has 2 heterocycles. The molecule has 0 aliphatic carbocycles. The molecule has 0 spiro atoms. The standard InChI is InChI=1S/C24H19ClF2N2O4/c1-13(24(31)29-6-2-3-14(11-28)12-29)32-22-10-21-18(8-20(22)27)17(9-23(30)33-21)16-5-4-15(26)7-19(16)25/h4-5,7-10,13-14H,2-3,6,12H2,1H3/t13-,14?/m1/s1. The van der Waals surface area contributed by atoms with Crippen molar-refractivity contribution in [1.29, 1.82) is 5.26 Å². The monoisotopic (exact) mass is 472 g/mol. The molecule has 4 rings (SSSR count). The fourth-order valence-electron chi connectivity index (χ4n) is 3.96. The maximum Gasteiger partial charge on any atom is 0.336 e. The highest BCUT2D eigenvalue weighted by molar-refractivity contribution is 6.33. The van der Waals surface area contributed by atoms with E-state index < -0.39 is 23.4 Å². The highest BCUT2D eigenvalue weighted by Gasteiger charge is 2.28. The van der Waals surface area contributed by atoms with E-state index in [4.69, 9.17) is 26.0 Å². The number of halogens is 3. The van der Waals surface area contributed by atoms with E-state index in [9.17, 15) is 18.4 Å². The second-order valence-electron chi connectivity index (χ2n) is 7.89. The number of nitriles is 1. The topological polar surface area (TPSA) is 83.5 Å². The third kappa shape index (κ3) is 4.69. The number of likely N-dealkylation sites (tertiary alicyclic amines) is 1. The lowest BCUT2D eigenvalue weighted by atomic mass is 9.99. The molecule has 1 aliphatic heterocycles. The van der Waals surface area contributed by atoms with Gasteiger partial charge in [0, 0.05) is 41.7 Å². The summed E-state index contributed by atoms with van der Waals surface area (Å²) >= 11 is 6.13. The molecular weight excluding hydrogens is 454 g/mol. The fraction of sp³-hybridized carbons (Fsp3) is 0.292. The van der Waals surface area contributed by atoms with Crippen molar-refractivity contribution in [2.75, 3.05) is 13.1 Å². The fourth-order valence-corrected chi connectivity index (χ4v) is 4.23. The molecule has 9 heteroatoms. The minimum Gasteiger partial charge on any atom is -0.478 e. The van der Waals surface area contributed by atoms with Gasteiger partial charge in [0.1, 0.15) is 11.4 Å². The van der Waals surface area contributed by atoms with Gasteiger partial charge in [-0.25, -0.2) is 13.6 Å². The van der Waals surface area contributed by atoms with Crippen LogP contribution >= 0.6 is 11.6 Å². The molecule has 3 aromatic rings. The Balaban J connectivity index is 1.66. The SMILES string of the molecule is C[C@@H](Oc1cc2oc(=O)cc(-c3ccc(F)cc3Cl)c2cc1F)C(=O)N1CCCC(C#N)C1. The van der Waals surface area contributed by atoms with Crippen LogP contribution in [0.5, 0.6) is 5.75 Å². The summed E-state index contributed by atoms with van der Waals surface area (Å²) in [6.07, 6.45) is 0.422. The van der Waals surface area contributed by atoms with Crippen LogP contribution in [0.25, 0.3) is 22.1 Å². The Kier molecular flexibility index (Phi) is 6.34. The predicted octanol–water partition coefficient (Wildman–Crippen LogP) is 4.92. The van der Waals surface area contributed by atoms with Gasteiger partial charge in [-0.05, 0) is 44.0 Å². The molecule has 2 atom stereocenters. The van der Waals surface area contributed by atoms with Crippen molar-refractivity contribution in [2.24, 2.45) is 5.92 Å². The Hall–Kier alpha value is -3.44. The number of nitrogens with zero attached hydrogens (tertiary/aromatic N) is 2. The number of hydrogen-bond acceptors (Lipinski definition) is 5. The van der Waals surface area contributed by atoms with E-state index in [1.807, 2.05) is 0 Å². The molecule has 0 bridgehead atoms. The first-order valence-electron chi connectivity index (χ1n) is 10.3. The molecule has 6 nitrogen and oxygen atoms in total. The Labute approximate surface area is 192 Å². The van der Waals surface area contributed by atoms with Crippen LogP contribution in [0.1, 0.15) is 19.8 Å². The average Bonchev–Trinajstić information content (AvgIpc) is 2.79. The van der Waals surface area contributed by atoms with Crippen LogP contribution < -0.4 is 10.4 Å². The zero-order valence-electron chi connectivity index (χ0n) is 17.6. The van der Waals surface area contributed by atoms with E-state index in [2.05, 4.69) is 6.07 Å². The van der Waals surface area contributed by atoms with Crippen molar-refractivity contribution in [3.63, 3.8) is 0 Å². The number of piperidine rings is 1. The van der Waals surface area contributed by atoms with Crippen LogP contribution in [0.15, 0.2) is 45.6 Å². The zero-order chi connectivity index (χ0) is 23.7. The zero-order valence-corrected chi connectivity index (χ0v) is 18.4. The molecule has 1 unspecified atom stereocenters. The Morgan fingerprint density at radius 3 is 2.79 bits per heavy atom. The largest absolute Gasteiger partial charge is 0.478 e. The second kappa shape index (κ2) is 9.20. The summed E-state index contributed by atoms with van der Waals surface area (Å²) in [7, 11) is 0. The lowest BCUT2D eigenvalue weighted by molar-refractivity contribution is -0.139. The molecule has 1 saturated heterocycles. The maximum atomic E-state index is 15.0. The van der Waals surface area contributed by atoms with Gasteiger partial charge in [-0.2, -0.15) is 5.26 Å². The summed E-state index contributed by atoms with van der Waals surface area (Å²) in [6.45, 7) is 2.30. The number of rotatable bonds is 4. The number of benzene rings is 2. The van der Waals surface area contributed by atoms with Crippen LogP contribution in [0.4, 0.5) is 8.78 Å². The summed E-state index contributed by atoms with van der Waals surface area (Å²) in [5.41, 5.74) is -0.0756. The van der Waals surface area contributed by atoms with Crippen LogP contribution in [0, 0.1) is 28.9 Å². The normalized spacial score (nSPS) is 16.9. The lowest BCUT2D eigenvalue weighted by Gasteiger charge is -2.31. The van der Waals surface area contributed by atoms with Gasteiger partial charge < -0.3 is 14.1 Å². The second-order valence-corrected chi connectivity index (χ2v) is 8.30. The molecule has 1 amide bonds. The van der Waals surface area contributed by atoms with Crippen LogP contribution in [0.3, 0.4) is 0 Å². The smallest absolute Gasteiger partial charge is 0.336 e. The van der Waals surface area contributed by atoms with E-state index in [-0.39, 0.29) is 39.1 Å². The number of carbonyl (C=O) groups excluding carboxylic acids is 1. The van der Waals surface area contributed by atoms with Gasteiger partial charge in [0.2, 0.25) is 0 Å². The predicted molar refractivity (Wildman–Crippen MR) is 118 cm³/mol. The van der Waals surface area contributed by atoms with Gasteiger partial charge in [0.15, 0.2) is 17.7 Å². The third-order valence-electron chi connectivity index (χ3n) is 5.59. The highest BCUT2D eigenvalue weighted by Crippen LogP contribution is 2.35. The first-order chi connectivity index (χ1) is 15.8. The van der Waals surface area contributed by atoms with Crippen LogP contribution in [-0.4, -0.2) is 30.0 Å². The van der Waals surface area contributed by atoms with E-state index >= 15 is 0 Å². The summed E-state index contributed by atoms with van der Waals surface area (Å²) in [4.78, 5) is 26.4. The minimum absolute atomic E-state index is 0.0245. The average molecular weight is 473 g/mol. The number of amides is 1. The number of hydrogen-bond donors (Lipinski definition) is 0. The van der Waals surface area contributed by atoms with Gasteiger partial charge >= 0.3 is 5.63 Å². The van der Waals surface area contributed by atoms with Crippen molar-refractivity contribution in [1.82, 2.24) is 4.90 Å². The van der Waals surface area contributed by atoms with Gasteiger partial charge in [0.05, 0.1) is 17.0 Å². The third-order valence-corrected chi connectivity index (χ3v) is 5.90. The van der Waals surface area contributed by atoms with Gasteiger partial charge in [-0.3, -0.25) is 4.79 Å². The molecule has 0 N–H and O–H groups in total. The van der Waals surface area contributed by atoms with Gasteiger partial charge in [0.25, 0.3) is 5.91 Å². The van der Waals surface area contributed by atoms with E-state index in [1.54, 1.807) is 0 Å².